The molecule has 3 heterocycles. The van der Waals surface area contributed by atoms with Gasteiger partial charge in [0.15, 0.2) is 24.3 Å². The number of amides is 1. The van der Waals surface area contributed by atoms with Crippen molar-refractivity contribution in [1.29, 1.82) is 0 Å². The Balaban J connectivity index is 1.92. The van der Waals surface area contributed by atoms with Gasteiger partial charge in [0, 0.05) is 51.3 Å². The van der Waals surface area contributed by atoms with Gasteiger partial charge in [-0.15, -0.1) is 5.10 Å². The van der Waals surface area contributed by atoms with Gasteiger partial charge in [0.05, 0.1) is 0 Å². The summed E-state index contributed by atoms with van der Waals surface area (Å²) in [7, 11) is 0. The minimum absolute atomic E-state index is 0.183. The molecule has 4 rings (SSSR count). The van der Waals surface area contributed by atoms with Crippen molar-refractivity contribution < 1.29 is 38.1 Å². The van der Waals surface area contributed by atoms with E-state index in [1.54, 1.807) is 29.1 Å². The van der Waals surface area contributed by atoms with E-state index in [2.05, 4.69) is 10.3 Å². The van der Waals surface area contributed by atoms with Crippen LogP contribution in [0.25, 0.3) is 17.1 Å². The summed E-state index contributed by atoms with van der Waals surface area (Å²) in [4.78, 5) is 52.5. The van der Waals surface area contributed by atoms with Crippen molar-refractivity contribution in [2.75, 3.05) is 6.61 Å². The van der Waals surface area contributed by atoms with Crippen LogP contribution in [0.4, 0.5) is 0 Å². The summed E-state index contributed by atoms with van der Waals surface area (Å²) in [5.74, 6) is -2.05. The van der Waals surface area contributed by atoms with Crippen molar-refractivity contribution in [2.24, 2.45) is 0 Å². The highest BCUT2D eigenvalue weighted by Gasteiger charge is 2.52. The number of para-hydroxylation sites is 1. The number of nitrogens with one attached hydrogen (secondary N) is 1. The first-order valence-electron chi connectivity index (χ1n) is 12.6. The maximum absolute atomic E-state index is 12.4. The lowest BCUT2D eigenvalue weighted by atomic mass is 9.95. The number of ether oxygens (including phenoxy) is 4. The van der Waals surface area contributed by atoms with Gasteiger partial charge in [0.25, 0.3) is 0 Å². The standard InChI is InChI=1S/C27H29N5O8S/c1-15(33)29-22-24(39-18(4)36)23(38-17(3)35)21(14-37-16(2)34)40-26(22)32-27(41)31(20-8-6-5-7-9-20)25(30-32)19-10-12-28-13-11-19/h5-13,21-24,26H,14H2,1-4H3,(H,29,33)/t21-,22-,23-,24-,26-/m1/s1. The molecule has 1 fully saturated rings. The zero-order chi connectivity index (χ0) is 29.7. The number of hydrogen-bond donors (Lipinski definition) is 1. The van der Waals surface area contributed by atoms with Crippen LogP contribution in [0.2, 0.25) is 0 Å². The lowest BCUT2D eigenvalue weighted by Crippen LogP contribution is -2.64. The van der Waals surface area contributed by atoms with Gasteiger partial charge >= 0.3 is 17.9 Å². The number of benzene rings is 1. The van der Waals surface area contributed by atoms with Crippen molar-refractivity contribution in [3.05, 3.63) is 59.6 Å². The van der Waals surface area contributed by atoms with E-state index in [0.29, 0.717) is 17.1 Å². The molecule has 14 heteroatoms. The average molecular weight is 584 g/mol. The molecule has 0 unspecified atom stereocenters. The number of pyridine rings is 1. The monoisotopic (exact) mass is 583 g/mol. The van der Waals surface area contributed by atoms with E-state index in [-0.39, 0.29) is 11.4 Å². The van der Waals surface area contributed by atoms with Gasteiger partial charge in [-0.2, -0.15) is 0 Å². The Hall–Kier alpha value is -4.43. The quantitative estimate of drug-likeness (QED) is 0.236. The molecule has 0 saturated carbocycles. The van der Waals surface area contributed by atoms with Crippen LogP contribution in [0.1, 0.15) is 33.9 Å². The van der Waals surface area contributed by atoms with Gasteiger partial charge in [-0.05, 0) is 36.5 Å². The third-order valence-corrected chi connectivity index (χ3v) is 6.46. The van der Waals surface area contributed by atoms with Crippen molar-refractivity contribution in [3.8, 4) is 17.1 Å². The second kappa shape index (κ2) is 12.8. The molecular formula is C27H29N5O8S. The van der Waals surface area contributed by atoms with Crippen molar-refractivity contribution in [3.63, 3.8) is 0 Å². The molecule has 216 valence electrons. The maximum Gasteiger partial charge on any atom is 0.303 e. The van der Waals surface area contributed by atoms with Gasteiger partial charge in [-0.3, -0.25) is 28.7 Å². The van der Waals surface area contributed by atoms with Gasteiger partial charge in [0.2, 0.25) is 10.7 Å². The molecule has 0 radical (unpaired) electrons. The molecule has 41 heavy (non-hydrogen) atoms. The molecule has 1 amide bonds. The first-order valence-corrected chi connectivity index (χ1v) is 13.1. The summed E-state index contributed by atoms with van der Waals surface area (Å²) >= 11 is 5.89. The van der Waals surface area contributed by atoms with Crippen LogP contribution < -0.4 is 5.32 Å². The van der Waals surface area contributed by atoms with Gasteiger partial charge in [0.1, 0.15) is 18.8 Å². The second-order valence-electron chi connectivity index (χ2n) is 9.20. The summed E-state index contributed by atoms with van der Waals surface area (Å²) < 4.78 is 25.9. The molecule has 1 aliphatic heterocycles. The third-order valence-electron chi connectivity index (χ3n) is 6.09. The zero-order valence-electron chi connectivity index (χ0n) is 22.8. The minimum Gasteiger partial charge on any atom is -0.463 e. The Morgan fingerprint density at radius 2 is 1.56 bits per heavy atom. The fraction of sp³-hybridized carbons (Fsp3) is 0.370. The van der Waals surface area contributed by atoms with Crippen molar-refractivity contribution >= 4 is 36.0 Å². The van der Waals surface area contributed by atoms with E-state index < -0.39 is 54.4 Å². The van der Waals surface area contributed by atoms with Crippen LogP contribution in [0, 0.1) is 4.77 Å². The highest BCUT2D eigenvalue weighted by Crippen LogP contribution is 2.34. The summed E-state index contributed by atoms with van der Waals surface area (Å²) in [6.45, 7) is 4.49. The van der Waals surface area contributed by atoms with E-state index >= 15 is 0 Å². The number of aromatic nitrogens is 4. The number of rotatable bonds is 8. The van der Waals surface area contributed by atoms with Crippen LogP contribution in [0.15, 0.2) is 54.9 Å². The fourth-order valence-corrected chi connectivity index (χ4v) is 4.90. The molecule has 1 N–H and O–H groups in total. The highest BCUT2D eigenvalue weighted by atomic mass is 32.1. The highest BCUT2D eigenvalue weighted by molar-refractivity contribution is 7.71. The molecular weight excluding hydrogens is 554 g/mol. The van der Waals surface area contributed by atoms with E-state index in [0.717, 1.165) is 0 Å². The predicted octanol–water partition coefficient (Wildman–Crippen LogP) is 2.29. The third kappa shape index (κ3) is 6.84. The second-order valence-corrected chi connectivity index (χ2v) is 9.56. The molecule has 2 aromatic heterocycles. The SMILES string of the molecule is CC(=O)N[C@@H]1[C@@H](OC(C)=O)[C@H](OC(C)=O)[C@@H](COC(C)=O)O[C@H]1n1nc(-c2ccncc2)n(-c2ccccc2)c1=S. The Labute approximate surface area is 240 Å². The molecule has 1 aliphatic rings. The van der Waals surface area contributed by atoms with Crippen LogP contribution in [-0.4, -0.2) is 74.1 Å². The molecule has 13 nitrogen and oxygen atoms in total. The normalized spacial score (nSPS) is 21.9. The number of carbonyl (C=O) groups excluding carboxylic acids is 4. The van der Waals surface area contributed by atoms with Crippen LogP contribution in [0.3, 0.4) is 0 Å². The Bertz CT molecular complexity index is 1480. The lowest BCUT2D eigenvalue weighted by Gasteiger charge is -2.45. The van der Waals surface area contributed by atoms with Crippen LogP contribution in [-0.2, 0) is 38.1 Å². The Kier molecular flexibility index (Phi) is 9.24. The number of carbonyl (C=O) groups is 4. The minimum atomic E-state index is -1.26. The number of nitrogens with zero attached hydrogens (tertiary/aromatic N) is 4. The smallest absolute Gasteiger partial charge is 0.303 e. The lowest BCUT2D eigenvalue weighted by molar-refractivity contribution is -0.239. The average Bonchev–Trinajstić information content (AvgIpc) is 3.26. The molecule has 1 aromatic carbocycles. The van der Waals surface area contributed by atoms with Gasteiger partial charge in [-0.1, -0.05) is 18.2 Å². The molecule has 0 aliphatic carbocycles. The summed E-state index contributed by atoms with van der Waals surface area (Å²) in [6, 6.07) is 11.6. The van der Waals surface area contributed by atoms with E-state index in [9.17, 15) is 19.2 Å². The van der Waals surface area contributed by atoms with Gasteiger partial charge in [-0.25, -0.2) is 4.68 Å². The molecule has 5 atom stereocenters. The summed E-state index contributed by atoms with van der Waals surface area (Å²) in [5.41, 5.74) is 1.39. The first-order chi connectivity index (χ1) is 19.6. The first kappa shape index (κ1) is 29.6. The zero-order valence-corrected chi connectivity index (χ0v) is 23.6. The van der Waals surface area contributed by atoms with E-state index in [1.807, 2.05) is 30.3 Å². The fourth-order valence-electron chi connectivity index (χ4n) is 4.56. The topological polar surface area (TPSA) is 153 Å². The summed E-state index contributed by atoms with van der Waals surface area (Å²) in [5, 5.41) is 7.53. The Morgan fingerprint density at radius 3 is 2.15 bits per heavy atom. The Morgan fingerprint density at radius 1 is 0.927 bits per heavy atom. The van der Waals surface area contributed by atoms with Crippen molar-refractivity contribution in [2.45, 2.75) is 58.3 Å². The van der Waals surface area contributed by atoms with Gasteiger partial charge < -0.3 is 24.3 Å². The van der Waals surface area contributed by atoms with Crippen LogP contribution in [0.5, 0.6) is 0 Å². The molecule has 0 bridgehead atoms. The van der Waals surface area contributed by atoms with E-state index in [1.165, 1.54) is 32.4 Å². The van der Waals surface area contributed by atoms with Crippen LogP contribution >= 0.6 is 12.2 Å². The largest absolute Gasteiger partial charge is 0.463 e. The van der Waals surface area contributed by atoms with E-state index in [4.69, 9.17) is 36.3 Å². The van der Waals surface area contributed by atoms with Crippen molar-refractivity contribution in [1.82, 2.24) is 24.6 Å². The maximum atomic E-state index is 12.4. The molecule has 1 saturated heterocycles. The number of esters is 3. The predicted molar refractivity (Wildman–Crippen MR) is 145 cm³/mol. The summed E-state index contributed by atoms with van der Waals surface area (Å²) in [6.07, 6.45) is -1.58. The molecule has 3 aromatic rings. The molecule has 0 spiro atoms. The number of hydrogen-bond acceptors (Lipinski definition) is 11.